The number of aliphatic hydroxyl groups excluding tert-OH is 3. The number of amides is 1. The van der Waals surface area contributed by atoms with Gasteiger partial charge in [-0.25, -0.2) is 0 Å². The number of nitrogens with zero attached hydrogens (tertiary/aromatic N) is 2. The lowest BCUT2D eigenvalue weighted by molar-refractivity contribution is -0.318. The molecule has 3 aliphatic heterocycles. The predicted molar refractivity (Wildman–Crippen MR) is 217 cm³/mol. The van der Waals surface area contributed by atoms with Gasteiger partial charge in [-0.2, -0.15) is 0 Å². The van der Waals surface area contributed by atoms with Crippen molar-refractivity contribution in [3.63, 3.8) is 0 Å². The second-order valence-electron chi connectivity index (χ2n) is 18.3. The molecule has 6 N–H and O–H groups in total. The minimum atomic E-state index is -2.21. The van der Waals surface area contributed by atoms with Crippen molar-refractivity contribution in [1.29, 1.82) is 0 Å². The zero-order chi connectivity index (χ0) is 45.1. The van der Waals surface area contributed by atoms with Crippen molar-refractivity contribution in [2.75, 3.05) is 27.7 Å². The van der Waals surface area contributed by atoms with E-state index in [1.54, 1.807) is 46.8 Å². The van der Waals surface area contributed by atoms with Crippen LogP contribution in [0.15, 0.2) is 24.5 Å². The maximum Gasteiger partial charge on any atom is 0.311 e. The molecule has 3 fully saturated rings. The third-order valence-corrected chi connectivity index (χ3v) is 13.1. The lowest BCUT2D eigenvalue weighted by atomic mass is 9.74. The number of hydrogen-bond donors (Lipinski definition) is 6. The molecule has 0 bridgehead atoms. The number of likely N-dealkylation sites (N-methyl/N-ethyl adjacent to an activating group) is 1. The topological polar surface area (TPSA) is 236 Å². The highest BCUT2D eigenvalue weighted by molar-refractivity contribution is 5.93. The monoisotopic (exact) mass is 853 g/mol. The third-order valence-electron chi connectivity index (χ3n) is 13.1. The van der Waals surface area contributed by atoms with Gasteiger partial charge in [-0.3, -0.25) is 19.4 Å². The molecule has 3 aliphatic rings. The van der Waals surface area contributed by atoms with Crippen molar-refractivity contribution >= 4 is 17.7 Å². The summed E-state index contributed by atoms with van der Waals surface area (Å²) in [5.41, 5.74) is -4.90. The average molecular weight is 854 g/mol. The van der Waals surface area contributed by atoms with Crippen LogP contribution in [0.5, 0.6) is 0 Å². The molecule has 17 heteroatoms. The number of nitrogens with one attached hydrogen (secondary N) is 1. The Bertz CT molecular complexity index is 1580. The molecule has 342 valence electrons. The Morgan fingerprint density at radius 2 is 1.63 bits per heavy atom. The standard InChI is InChI=1S/C43H71N3O14/c1-22-19-41(7,53)37(60-40-33(48)29(46(10)11)18-23(2)56-40)25(4)34(59-31-20-42(8,55-12)36(50)27(6)57-31)26(5)39(52)58-30(43(9,54)35(49)24(3)32(22)47)15-17-45-38(51)28-14-13-16-44-21-28/h13-14,16,21-27,29-31,33-37,40,48-50,53-54H,15,17-20H2,1-12H3,(H,45,51)/t22-,23?,24+,25+,26-,27?,29?,30-,31?,33?,34+,35-,36?,37-,40?,41-,42?,43-/m1/s1. The van der Waals surface area contributed by atoms with Crippen LogP contribution >= 0.6 is 0 Å². The summed E-state index contributed by atoms with van der Waals surface area (Å²) in [4.78, 5) is 47.4. The Kier molecular flexibility index (Phi) is 16.8. The van der Waals surface area contributed by atoms with Crippen LogP contribution in [0.25, 0.3) is 0 Å². The summed E-state index contributed by atoms with van der Waals surface area (Å²) in [6.45, 7) is 14.2. The van der Waals surface area contributed by atoms with Crippen molar-refractivity contribution in [2.24, 2.45) is 23.7 Å². The number of pyridine rings is 1. The van der Waals surface area contributed by atoms with E-state index in [1.165, 1.54) is 40.3 Å². The van der Waals surface area contributed by atoms with Gasteiger partial charge in [0, 0.05) is 62.7 Å². The van der Waals surface area contributed by atoms with E-state index in [0.717, 1.165) is 0 Å². The molecule has 4 rings (SSSR count). The number of ether oxygens (including phenoxy) is 6. The van der Waals surface area contributed by atoms with Crippen molar-refractivity contribution in [3.8, 4) is 0 Å². The van der Waals surface area contributed by atoms with E-state index in [9.17, 15) is 39.9 Å². The molecular formula is C43H71N3O14. The molecule has 0 spiro atoms. The molecule has 0 aliphatic carbocycles. The van der Waals surface area contributed by atoms with Crippen LogP contribution in [0.2, 0.25) is 0 Å². The number of hydrogen-bond acceptors (Lipinski definition) is 16. The van der Waals surface area contributed by atoms with Crippen LogP contribution in [0.1, 0.15) is 98.4 Å². The van der Waals surface area contributed by atoms with E-state index in [-0.39, 0.29) is 43.5 Å². The van der Waals surface area contributed by atoms with Crippen LogP contribution < -0.4 is 5.32 Å². The van der Waals surface area contributed by atoms with E-state index in [4.69, 9.17) is 28.4 Å². The molecule has 4 heterocycles. The number of rotatable bonds is 10. The number of aromatic nitrogens is 1. The number of cyclic esters (lactones) is 1. The first-order chi connectivity index (χ1) is 27.9. The number of carbonyl (C=O) groups is 3. The molecular weight excluding hydrogens is 782 g/mol. The molecule has 8 unspecified atom stereocenters. The first kappa shape index (κ1) is 50.0. The zero-order valence-corrected chi connectivity index (χ0v) is 37.3. The summed E-state index contributed by atoms with van der Waals surface area (Å²) in [5, 5.41) is 61.5. The fourth-order valence-corrected chi connectivity index (χ4v) is 9.18. The second kappa shape index (κ2) is 20.2. The Morgan fingerprint density at radius 1 is 0.967 bits per heavy atom. The molecule has 17 nitrogen and oxygen atoms in total. The first-order valence-corrected chi connectivity index (χ1v) is 21.1. The lowest BCUT2D eigenvalue weighted by Gasteiger charge is -2.49. The smallest absolute Gasteiger partial charge is 0.311 e. The molecule has 3 saturated heterocycles. The quantitative estimate of drug-likeness (QED) is 0.183. The van der Waals surface area contributed by atoms with Crippen LogP contribution in [-0.4, -0.2) is 165 Å². The minimum absolute atomic E-state index is 0.0397. The molecule has 1 amide bonds. The summed E-state index contributed by atoms with van der Waals surface area (Å²) < 4.78 is 37.5. The lowest BCUT2D eigenvalue weighted by Crippen LogP contribution is -2.61. The Morgan fingerprint density at radius 3 is 2.23 bits per heavy atom. The van der Waals surface area contributed by atoms with E-state index in [1.807, 2.05) is 25.9 Å². The van der Waals surface area contributed by atoms with Gasteiger partial charge in [-0.05, 0) is 80.6 Å². The predicted octanol–water partition coefficient (Wildman–Crippen LogP) is 1.59. The number of esters is 1. The maximum atomic E-state index is 14.5. The van der Waals surface area contributed by atoms with Gasteiger partial charge in [0.05, 0.1) is 53.2 Å². The minimum Gasteiger partial charge on any atom is -0.459 e. The molecule has 18 atom stereocenters. The summed E-state index contributed by atoms with van der Waals surface area (Å²) >= 11 is 0. The molecule has 1 aromatic heterocycles. The summed E-state index contributed by atoms with van der Waals surface area (Å²) in [7, 11) is 5.13. The molecule has 0 saturated carbocycles. The SMILES string of the molecule is COC1(C)CC(O[C@H]2[C@H](C)[C@@H](OC3OC(C)CC(N(C)C)C3O)[C@](C)(O)C[C@@H](C)C(=O)[C@H](C)[C@@H](O)[C@](C)(O)[C@@H](CCNC(=O)c3cccnc3)OC(=O)[C@@H]2C)OC(C)C1O. The number of aliphatic hydroxyl groups is 5. The largest absolute Gasteiger partial charge is 0.459 e. The summed E-state index contributed by atoms with van der Waals surface area (Å²) in [6, 6.07) is 2.81. The van der Waals surface area contributed by atoms with E-state index < -0.39 is 113 Å². The highest BCUT2D eigenvalue weighted by Crippen LogP contribution is 2.41. The number of methoxy groups -OCH3 is 1. The van der Waals surface area contributed by atoms with E-state index in [2.05, 4.69) is 10.3 Å². The summed E-state index contributed by atoms with van der Waals surface area (Å²) in [5.74, 6) is -6.05. The van der Waals surface area contributed by atoms with Gasteiger partial charge in [-0.1, -0.05) is 20.8 Å². The van der Waals surface area contributed by atoms with Gasteiger partial charge in [0.1, 0.15) is 29.7 Å². The average Bonchev–Trinajstić information content (AvgIpc) is 3.19. The van der Waals surface area contributed by atoms with Crippen molar-refractivity contribution in [3.05, 3.63) is 30.1 Å². The van der Waals surface area contributed by atoms with Crippen molar-refractivity contribution < 1.29 is 68.3 Å². The van der Waals surface area contributed by atoms with Gasteiger partial charge >= 0.3 is 5.97 Å². The van der Waals surface area contributed by atoms with Crippen molar-refractivity contribution in [1.82, 2.24) is 15.2 Å². The first-order valence-electron chi connectivity index (χ1n) is 21.1. The maximum absolute atomic E-state index is 14.5. The Labute approximate surface area is 354 Å². The zero-order valence-electron chi connectivity index (χ0n) is 37.3. The molecule has 0 aromatic carbocycles. The molecule has 60 heavy (non-hydrogen) atoms. The molecule has 1 aromatic rings. The van der Waals surface area contributed by atoms with Gasteiger partial charge in [0.15, 0.2) is 12.6 Å². The molecule has 0 radical (unpaired) electrons. The Balaban J connectivity index is 1.80. The highest BCUT2D eigenvalue weighted by atomic mass is 16.7. The Hall–Kier alpha value is -2.68. The highest BCUT2D eigenvalue weighted by Gasteiger charge is 2.53. The van der Waals surface area contributed by atoms with Crippen molar-refractivity contribution in [2.45, 2.75) is 172 Å². The van der Waals surface area contributed by atoms with Crippen LogP contribution in [0.4, 0.5) is 0 Å². The number of ketones is 1. The van der Waals surface area contributed by atoms with Crippen LogP contribution in [0.3, 0.4) is 0 Å². The van der Waals surface area contributed by atoms with Gasteiger partial charge in [0.2, 0.25) is 0 Å². The third kappa shape index (κ3) is 11.3. The normalized spacial score (nSPS) is 43.9. The van der Waals surface area contributed by atoms with E-state index >= 15 is 0 Å². The van der Waals surface area contributed by atoms with Gasteiger partial charge in [0.25, 0.3) is 5.91 Å². The van der Waals surface area contributed by atoms with E-state index in [0.29, 0.717) is 6.42 Å². The summed E-state index contributed by atoms with van der Waals surface area (Å²) in [6.07, 6.45) is -8.17. The second-order valence-corrected chi connectivity index (χ2v) is 18.3. The number of carbonyl (C=O) groups excluding carboxylic acids is 3. The van der Waals surface area contributed by atoms with Gasteiger partial charge in [-0.15, -0.1) is 0 Å². The van der Waals surface area contributed by atoms with Gasteiger partial charge < -0.3 is 64.2 Å². The fraction of sp³-hybridized carbons (Fsp3) is 0.814. The fourth-order valence-electron chi connectivity index (χ4n) is 9.18. The van der Waals surface area contributed by atoms with Crippen LogP contribution in [-0.2, 0) is 38.0 Å². The number of Topliss-reactive ketones (excluding diaryl/α,β-unsaturated/α-hetero) is 1. The van der Waals surface area contributed by atoms with Crippen LogP contribution in [0, 0.1) is 23.7 Å².